The Kier molecular flexibility index (Phi) is 4.90. The fraction of sp³-hybridized carbons (Fsp3) is 0.353. The van der Waals surface area contributed by atoms with Gasteiger partial charge in [-0.3, -0.25) is 0 Å². The average Bonchev–Trinajstić information content (AvgIpc) is 3.03. The third-order valence-electron chi connectivity index (χ3n) is 3.97. The van der Waals surface area contributed by atoms with E-state index >= 15 is 0 Å². The minimum absolute atomic E-state index is 0.120. The van der Waals surface area contributed by atoms with Crippen molar-refractivity contribution in [3.8, 4) is 5.75 Å². The zero-order chi connectivity index (χ0) is 19.8. The summed E-state index contributed by atoms with van der Waals surface area (Å²) in [6, 6.07) is 6.14. The molecule has 0 aliphatic heterocycles. The number of ether oxygens (including phenoxy) is 1. The highest BCUT2D eigenvalue weighted by atomic mass is 19.4. The molecule has 0 aliphatic carbocycles. The zero-order valence-corrected chi connectivity index (χ0v) is 14.9. The summed E-state index contributed by atoms with van der Waals surface area (Å²) in [6.45, 7) is 4.21. The van der Waals surface area contributed by atoms with Gasteiger partial charge in [0, 0.05) is 24.8 Å². The van der Waals surface area contributed by atoms with Crippen LogP contribution in [0.15, 0.2) is 24.3 Å². The second-order valence-corrected chi connectivity index (χ2v) is 5.88. The molecule has 0 amide bonds. The van der Waals surface area contributed by atoms with Crippen molar-refractivity contribution in [3.05, 3.63) is 47.2 Å². The number of halogens is 4. The first-order valence-corrected chi connectivity index (χ1v) is 8.12. The molecule has 1 aromatic carbocycles. The Labute approximate surface area is 152 Å². The molecule has 0 spiro atoms. The number of rotatable bonds is 5. The van der Waals surface area contributed by atoms with Crippen LogP contribution >= 0.6 is 0 Å². The van der Waals surface area contributed by atoms with Crippen molar-refractivity contribution in [2.45, 2.75) is 26.6 Å². The third kappa shape index (κ3) is 3.79. The summed E-state index contributed by atoms with van der Waals surface area (Å²) in [6.07, 6.45) is -4.67. The van der Waals surface area contributed by atoms with Gasteiger partial charge < -0.3 is 9.64 Å². The van der Waals surface area contributed by atoms with Gasteiger partial charge in [-0.2, -0.15) is 22.7 Å². The molecule has 0 aliphatic rings. The second kappa shape index (κ2) is 7.01. The molecule has 0 radical (unpaired) electrons. The van der Waals surface area contributed by atoms with E-state index in [2.05, 4.69) is 15.1 Å². The van der Waals surface area contributed by atoms with E-state index in [9.17, 15) is 17.6 Å². The Morgan fingerprint density at radius 1 is 1.19 bits per heavy atom. The Balaban J connectivity index is 2.03. The van der Waals surface area contributed by atoms with E-state index in [0.29, 0.717) is 23.6 Å². The fourth-order valence-corrected chi connectivity index (χ4v) is 2.70. The average molecular weight is 383 g/mol. The van der Waals surface area contributed by atoms with Gasteiger partial charge in [-0.25, -0.2) is 9.37 Å². The first-order chi connectivity index (χ1) is 12.7. The van der Waals surface area contributed by atoms with Gasteiger partial charge in [0.1, 0.15) is 5.82 Å². The van der Waals surface area contributed by atoms with Crippen LogP contribution in [-0.2, 0) is 12.7 Å². The SMILES string of the molecule is CCN(Cc1ccc(OC)c(F)c1)c1cc(C)nc2nc(C(F)(F)F)nn12. The summed E-state index contributed by atoms with van der Waals surface area (Å²) >= 11 is 0. The van der Waals surface area contributed by atoms with Gasteiger partial charge in [0.05, 0.1) is 7.11 Å². The summed E-state index contributed by atoms with van der Waals surface area (Å²) in [4.78, 5) is 9.26. The van der Waals surface area contributed by atoms with Gasteiger partial charge in [-0.15, -0.1) is 5.10 Å². The summed E-state index contributed by atoms with van der Waals surface area (Å²) in [5, 5.41) is 3.56. The van der Waals surface area contributed by atoms with E-state index in [1.54, 1.807) is 24.0 Å². The highest BCUT2D eigenvalue weighted by Crippen LogP contribution is 2.28. The lowest BCUT2D eigenvalue weighted by Crippen LogP contribution is -2.25. The van der Waals surface area contributed by atoms with Gasteiger partial charge in [0.2, 0.25) is 0 Å². The molecule has 0 saturated carbocycles. The number of aryl methyl sites for hydroxylation is 1. The highest BCUT2D eigenvalue weighted by Gasteiger charge is 2.37. The normalized spacial score (nSPS) is 11.8. The minimum Gasteiger partial charge on any atom is -0.494 e. The van der Waals surface area contributed by atoms with Crippen LogP contribution < -0.4 is 9.64 Å². The van der Waals surface area contributed by atoms with Crippen molar-refractivity contribution in [3.63, 3.8) is 0 Å². The number of methoxy groups -OCH3 is 1. The van der Waals surface area contributed by atoms with E-state index in [4.69, 9.17) is 4.74 Å². The maximum absolute atomic E-state index is 14.0. The largest absolute Gasteiger partial charge is 0.494 e. The van der Waals surface area contributed by atoms with E-state index in [1.165, 1.54) is 19.2 Å². The Hall–Kier alpha value is -2.91. The molecule has 0 saturated heterocycles. The predicted molar refractivity (Wildman–Crippen MR) is 90.2 cm³/mol. The van der Waals surface area contributed by atoms with Crippen molar-refractivity contribution in [2.75, 3.05) is 18.6 Å². The zero-order valence-electron chi connectivity index (χ0n) is 14.9. The summed E-state index contributed by atoms with van der Waals surface area (Å²) in [5.41, 5.74) is 1.13. The van der Waals surface area contributed by atoms with Crippen LogP contribution in [0.3, 0.4) is 0 Å². The van der Waals surface area contributed by atoms with Gasteiger partial charge in [-0.05, 0) is 31.5 Å². The molecule has 0 unspecified atom stereocenters. The molecule has 144 valence electrons. The van der Waals surface area contributed by atoms with Crippen LogP contribution in [0.1, 0.15) is 24.0 Å². The molecule has 3 rings (SSSR count). The van der Waals surface area contributed by atoms with Crippen molar-refractivity contribution < 1.29 is 22.3 Å². The second-order valence-electron chi connectivity index (χ2n) is 5.88. The molecule has 0 N–H and O–H groups in total. The molecule has 3 aromatic rings. The van der Waals surface area contributed by atoms with Crippen LogP contribution in [-0.4, -0.2) is 33.2 Å². The monoisotopic (exact) mass is 383 g/mol. The van der Waals surface area contributed by atoms with Crippen molar-refractivity contribution in [1.82, 2.24) is 19.6 Å². The van der Waals surface area contributed by atoms with Crippen molar-refractivity contribution >= 4 is 11.6 Å². The molecule has 0 atom stereocenters. The summed E-state index contributed by atoms with van der Waals surface area (Å²) < 4.78 is 58.8. The first-order valence-electron chi connectivity index (χ1n) is 8.12. The van der Waals surface area contributed by atoms with Crippen LogP contribution in [0.5, 0.6) is 5.75 Å². The van der Waals surface area contributed by atoms with Gasteiger partial charge in [0.15, 0.2) is 11.6 Å². The summed E-state index contributed by atoms with van der Waals surface area (Å²) in [7, 11) is 1.37. The predicted octanol–water partition coefficient (Wildman–Crippen LogP) is 3.63. The molecule has 0 bridgehead atoms. The standard InChI is InChI=1S/C17H17F4N5O/c1-4-25(9-11-5-6-13(27-3)12(18)8-11)14-7-10(2)22-16-23-15(17(19,20)21)24-26(14)16/h5-8H,4,9H2,1-3H3. The number of hydrogen-bond acceptors (Lipinski definition) is 5. The smallest absolute Gasteiger partial charge is 0.453 e. The van der Waals surface area contributed by atoms with E-state index in [-0.39, 0.29) is 18.1 Å². The topological polar surface area (TPSA) is 55.5 Å². The maximum atomic E-state index is 14.0. The number of hydrogen-bond donors (Lipinski definition) is 0. The van der Waals surface area contributed by atoms with Crippen LogP contribution in [0.4, 0.5) is 23.4 Å². The molecule has 2 aromatic heterocycles. The lowest BCUT2D eigenvalue weighted by atomic mass is 10.2. The quantitative estimate of drug-likeness (QED) is 0.630. The Bertz CT molecular complexity index is 970. The molecule has 6 nitrogen and oxygen atoms in total. The first kappa shape index (κ1) is 18.9. The number of benzene rings is 1. The van der Waals surface area contributed by atoms with Crippen LogP contribution in [0.25, 0.3) is 5.78 Å². The molecular formula is C17H17F4N5O. The van der Waals surface area contributed by atoms with Gasteiger partial charge >= 0.3 is 6.18 Å². The van der Waals surface area contributed by atoms with E-state index in [1.807, 2.05) is 6.92 Å². The Morgan fingerprint density at radius 3 is 2.52 bits per heavy atom. The number of alkyl halides is 3. The van der Waals surface area contributed by atoms with Crippen LogP contribution in [0.2, 0.25) is 0 Å². The number of anilines is 1. The van der Waals surface area contributed by atoms with Gasteiger partial charge in [-0.1, -0.05) is 6.07 Å². The van der Waals surface area contributed by atoms with Gasteiger partial charge in [0.25, 0.3) is 11.6 Å². The number of aromatic nitrogens is 4. The third-order valence-corrected chi connectivity index (χ3v) is 3.97. The molecule has 10 heteroatoms. The fourth-order valence-electron chi connectivity index (χ4n) is 2.70. The highest BCUT2D eigenvalue weighted by molar-refractivity contribution is 5.48. The lowest BCUT2D eigenvalue weighted by Gasteiger charge is -2.23. The molecule has 27 heavy (non-hydrogen) atoms. The van der Waals surface area contributed by atoms with Crippen molar-refractivity contribution in [2.24, 2.45) is 0 Å². The number of fused-ring (bicyclic) bond motifs is 1. The van der Waals surface area contributed by atoms with E-state index in [0.717, 1.165) is 4.52 Å². The van der Waals surface area contributed by atoms with E-state index < -0.39 is 17.8 Å². The lowest BCUT2D eigenvalue weighted by molar-refractivity contribution is -0.144. The van der Waals surface area contributed by atoms with Crippen molar-refractivity contribution in [1.29, 1.82) is 0 Å². The summed E-state index contributed by atoms with van der Waals surface area (Å²) in [5.74, 6) is -1.40. The molecule has 0 fully saturated rings. The number of nitrogens with zero attached hydrogens (tertiary/aromatic N) is 5. The maximum Gasteiger partial charge on any atom is 0.453 e. The van der Waals surface area contributed by atoms with Crippen LogP contribution in [0, 0.1) is 12.7 Å². The molecule has 2 heterocycles. The Morgan fingerprint density at radius 2 is 1.93 bits per heavy atom. The minimum atomic E-state index is -4.67. The molecular weight excluding hydrogens is 366 g/mol.